The molecule has 0 radical (unpaired) electrons. The van der Waals surface area contributed by atoms with Gasteiger partial charge in [-0.3, -0.25) is 5.41 Å². The Morgan fingerprint density at radius 3 is 2.94 bits per heavy atom. The second-order valence-electron chi connectivity index (χ2n) is 5.78. The lowest BCUT2D eigenvalue weighted by atomic mass is 9.88. The van der Waals surface area contributed by atoms with Crippen molar-refractivity contribution in [3.05, 3.63) is 0 Å². The highest BCUT2D eigenvalue weighted by molar-refractivity contribution is 5.79. The Bertz CT molecular complexity index is 303. The monoisotopic (exact) mass is 255 g/mol. The minimum absolute atomic E-state index is 0.0450. The molecule has 2 rings (SSSR count). The van der Waals surface area contributed by atoms with Gasteiger partial charge in [0.2, 0.25) is 0 Å². The smallest absolute Gasteiger partial charge is 0.0951 e. The van der Waals surface area contributed by atoms with E-state index in [0.717, 1.165) is 45.6 Å². The van der Waals surface area contributed by atoms with E-state index in [9.17, 15) is 0 Å². The Morgan fingerprint density at radius 1 is 1.56 bits per heavy atom. The van der Waals surface area contributed by atoms with Crippen molar-refractivity contribution in [2.75, 3.05) is 33.4 Å². The summed E-state index contributed by atoms with van der Waals surface area (Å²) in [5.74, 6) is 0.390. The van der Waals surface area contributed by atoms with E-state index in [1.165, 1.54) is 0 Å². The largest absolute Gasteiger partial charge is 0.387 e. The third-order valence-electron chi connectivity index (χ3n) is 4.25. The van der Waals surface area contributed by atoms with Crippen LogP contribution in [0.3, 0.4) is 0 Å². The Kier molecular flexibility index (Phi) is 4.25. The van der Waals surface area contributed by atoms with Gasteiger partial charge in [-0.15, -0.1) is 0 Å². The molecule has 3 N–H and O–H groups in total. The maximum atomic E-state index is 7.47. The zero-order valence-corrected chi connectivity index (χ0v) is 11.4. The van der Waals surface area contributed by atoms with Crippen molar-refractivity contribution in [3.63, 3.8) is 0 Å². The van der Waals surface area contributed by atoms with Crippen molar-refractivity contribution in [1.29, 1.82) is 5.41 Å². The van der Waals surface area contributed by atoms with Gasteiger partial charge in [-0.25, -0.2) is 0 Å². The molecule has 2 fully saturated rings. The molecule has 3 atom stereocenters. The molecule has 0 aromatic heterocycles. The predicted molar refractivity (Wildman–Crippen MR) is 70.8 cm³/mol. The van der Waals surface area contributed by atoms with Crippen LogP contribution in [-0.2, 0) is 9.47 Å². The van der Waals surface area contributed by atoms with E-state index in [4.69, 9.17) is 20.6 Å². The van der Waals surface area contributed by atoms with Crippen molar-refractivity contribution < 1.29 is 9.47 Å². The molecule has 2 aliphatic heterocycles. The maximum absolute atomic E-state index is 7.47. The molecular weight excluding hydrogens is 230 g/mol. The van der Waals surface area contributed by atoms with Crippen LogP contribution < -0.4 is 5.73 Å². The van der Waals surface area contributed by atoms with Crippen LogP contribution in [0.5, 0.6) is 0 Å². The highest BCUT2D eigenvalue weighted by Gasteiger charge is 2.42. The van der Waals surface area contributed by atoms with Gasteiger partial charge < -0.3 is 20.1 Å². The molecule has 2 saturated heterocycles. The van der Waals surface area contributed by atoms with E-state index in [0.29, 0.717) is 6.04 Å². The first-order chi connectivity index (χ1) is 8.52. The first-order valence-electron chi connectivity index (χ1n) is 6.78. The van der Waals surface area contributed by atoms with E-state index < -0.39 is 0 Å². The molecule has 0 aliphatic carbocycles. The molecule has 2 aliphatic rings. The second-order valence-corrected chi connectivity index (χ2v) is 5.78. The number of nitrogens with two attached hydrogens (primary N) is 1. The first kappa shape index (κ1) is 13.8. The number of nitrogens with one attached hydrogen (secondary N) is 1. The summed E-state index contributed by atoms with van der Waals surface area (Å²) in [6, 6.07) is 0.516. The van der Waals surface area contributed by atoms with E-state index >= 15 is 0 Å². The fraction of sp³-hybridized carbons (Fsp3) is 0.923. The third kappa shape index (κ3) is 3.02. The molecule has 3 unspecified atom stereocenters. The minimum atomic E-state index is -0.0450. The van der Waals surface area contributed by atoms with Crippen LogP contribution in [0.2, 0.25) is 0 Å². The van der Waals surface area contributed by atoms with E-state index in [-0.39, 0.29) is 17.4 Å². The highest BCUT2D eigenvalue weighted by Crippen LogP contribution is 2.34. The summed E-state index contributed by atoms with van der Waals surface area (Å²) >= 11 is 0. The molecule has 5 heteroatoms. The summed E-state index contributed by atoms with van der Waals surface area (Å²) < 4.78 is 11.4. The quantitative estimate of drug-likeness (QED) is 0.576. The summed E-state index contributed by atoms with van der Waals surface area (Å²) in [6.07, 6.45) is 3.11. The van der Waals surface area contributed by atoms with Crippen LogP contribution in [0.4, 0.5) is 0 Å². The van der Waals surface area contributed by atoms with Gasteiger partial charge in [-0.2, -0.15) is 0 Å². The SMILES string of the molecule is CC(CN(C)C1CCOC2(CCOC2)C1)C(=N)N. The summed E-state index contributed by atoms with van der Waals surface area (Å²) in [5.41, 5.74) is 5.50. The number of hydrogen-bond donors (Lipinski definition) is 2. The lowest BCUT2D eigenvalue weighted by molar-refractivity contribution is -0.104. The molecule has 0 saturated carbocycles. The minimum Gasteiger partial charge on any atom is -0.387 e. The third-order valence-corrected chi connectivity index (χ3v) is 4.25. The Balaban J connectivity index is 1.90. The van der Waals surface area contributed by atoms with Crippen LogP contribution in [-0.4, -0.2) is 55.8 Å². The molecule has 18 heavy (non-hydrogen) atoms. The number of hydrogen-bond acceptors (Lipinski definition) is 4. The zero-order chi connectivity index (χ0) is 13.2. The van der Waals surface area contributed by atoms with Crippen LogP contribution in [0.15, 0.2) is 0 Å². The predicted octanol–water partition coefficient (Wildman–Crippen LogP) is 0.828. The Labute approximate surface area is 109 Å². The summed E-state index contributed by atoms with van der Waals surface area (Å²) in [4.78, 5) is 2.33. The number of amidine groups is 1. The first-order valence-corrected chi connectivity index (χ1v) is 6.78. The van der Waals surface area contributed by atoms with Crippen LogP contribution in [0.1, 0.15) is 26.2 Å². The van der Waals surface area contributed by atoms with Gasteiger partial charge in [-0.05, 0) is 19.9 Å². The second kappa shape index (κ2) is 5.55. The maximum Gasteiger partial charge on any atom is 0.0951 e. The average Bonchev–Trinajstić information content (AvgIpc) is 2.77. The van der Waals surface area contributed by atoms with Gasteiger partial charge in [0.1, 0.15) is 0 Å². The number of ether oxygens (including phenoxy) is 2. The normalized spacial score (nSPS) is 34.1. The van der Waals surface area contributed by atoms with Crippen LogP contribution in [0, 0.1) is 11.3 Å². The summed E-state index contributed by atoms with van der Waals surface area (Å²) in [7, 11) is 2.12. The van der Waals surface area contributed by atoms with Gasteiger partial charge in [-0.1, -0.05) is 6.92 Å². The summed E-state index contributed by atoms with van der Waals surface area (Å²) in [5, 5.41) is 7.47. The topological polar surface area (TPSA) is 71.6 Å². The van der Waals surface area contributed by atoms with Crippen molar-refractivity contribution in [3.8, 4) is 0 Å². The molecule has 0 aromatic rings. The molecule has 2 heterocycles. The molecule has 1 spiro atoms. The van der Waals surface area contributed by atoms with Crippen molar-refractivity contribution in [2.24, 2.45) is 11.7 Å². The highest BCUT2D eigenvalue weighted by atomic mass is 16.6. The van der Waals surface area contributed by atoms with Gasteiger partial charge in [0.15, 0.2) is 0 Å². The lowest BCUT2D eigenvalue weighted by Gasteiger charge is -2.41. The fourth-order valence-corrected chi connectivity index (χ4v) is 2.92. The van der Waals surface area contributed by atoms with Gasteiger partial charge in [0.25, 0.3) is 0 Å². The van der Waals surface area contributed by atoms with Crippen molar-refractivity contribution >= 4 is 5.84 Å². The Hall–Kier alpha value is -0.650. The van der Waals surface area contributed by atoms with E-state index in [1.54, 1.807) is 0 Å². The average molecular weight is 255 g/mol. The van der Waals surface area contributed by atoms with Crippen molar-refractivity contribution in [2.45, 2.75) is 37.8 Å². The standard InChI is InChI=1S/C13H25N3O2/c1-10(12(14)15)8-16(2)11-3-5-18-13(7-11)4-6-17-9-13/h10-11H,3-9H2,1-2H3,(H3,14,15). The van der Waals surface area contributed by atoms with Gasteiger partial charge in [0, 0.05) is 38.1 Å². The van der Waals surface area contributed by atoms with Crippen LogP contribution in [0.25, 0.3) is 0 Å². The lowest BCUT2D eigenvalue weighted by Crippen LogP contribution is -2.49. The van der Waals surface area contributed by atoms with Gasteiger partial charge in [0.05, 0.1) is 18.0 Å². The van der Waals surface area contributed by atoms with Gasteiger partial charge >= 0.3 is 0 Å². The number of rotatable bonds is 4. The molecule has 0 bridgehead atoms. The molecule has 0 amide bonds. The number of nitrogens with zero attached hydrogens (tertiary/aromatic N) is 1. The van der Waals surface area contributed by atoms with E-state index in [1.807, 2.05) is 6.92 Å². The van der Waals surface area contributed by atoms with Crippen molar-refractivity contribution in [1.82, 2.24) is 4.90 Å². The van der Waals surface area contributed by atoms with E-state index in [2.05, 4.69) is 11.9 Å². The molecule has 104 valence electrons. The molecule has 5 nitrogen and oxygen atoms in total. The molecule has 0 aromatic carbocycles. The summed E-state index contributed by atoms with van der Waals surface area (Å²) in [6.45, 7) is 5.22. The Morgan fingerprint density at radius 2 is 2.33 bits per heavy atom. The molecular formula is C13H25N3O2. The fourth-order valence-electron chi connectivity index (χ4n) is 2.92. The zero-order valence-electron chi connectivity index (χ0n) is 11.4. The van der Waals surface area contributed by atoms with Crippen LogP contribution >= 0.6 is 0 Å².